The van der Waals surface area contributed by atoms with Crippen LogP contribution in [0.5, 0.6) is 0 Å². The summed E-state index contributed by atoms with van der Waals surface area (Å²) in [5.74, 6) is 2.20. The Balaban J connectivity index is 1.47. The second-order valence-corrected chi connectivity index (χ2v) is 7.31. The van der Waals surface area contributed by atoms with E-state index in [1.54, 1.807) is 24.3 Å². The van der Waals surface area contributed by atoms with Gasteiger partial charge in [-0.15, -0.1) is 10.2 Å². The average molecular weight is 334 g/mol. The van der Waals surface area contributed by atoms with Gasteiger partial charge in [0.15, 0.2) is 10.9 Å². The minimum absolute atomic E-state index is 0.0972. The first-order valence-corrected chi connectivity index (χ1v) is 8.95. The zero-order valence-electron chi connectivity index (χ0n) is 12.0. The Hall–Kier alpha value is -1.33. The molecule has 0 N–H and O–H groups in total. The predicted octanol–water partition coefficient (Wildman–Crippen LogP) is 4.12. The van der Waals surface area contributed by atoms with Gasteiger partial charge in [0.2, 0.25) is 0 Å². The Morgan fingerprint density at radius 3 is 2.55 bits per heavy atom. The van der Waals surface area contributed by atoms with Crippen molar-refractivity contribution >= 4 is 29.1 Å². The minimum Gasteiger partial charge on any atom is -0.303 e. The van der Waals surface area contributed by atoms with Gasteiger partial charge in [-0.05, 0) is 49.9 Å². The third-order valence-electron chi connectivity index (χ3n) is 4.04. The summed E-state index contributed by atoms with van der Waals surface area (Å²) in [7, 11) is 0. The van der Waals surface area contributed by atoms with E-state index in [1.165, 1.54) is 37.4 Å². The fraction of sp³-hybridized carbons (Fsp3) is 0.438. The summed E-state index contributed by atoms with van der Waals surface area (Å²) in [5.41, 5.74) is 0.691. The van der Waals surface area contributed by atoms with Gasteiger partial charge in [0, 0.05) is 22.5 Å². The van der Waals surface area contributed by atoms with Crippen molar-refractivity contribution in [1.82, 2.24) is 14.8 Å². The summed E-state index contributed by atoms with van der Waals surface area (Å²) in [6, 6.07) is 7.59. The Morgan fingerprint density at radius 1 is 1.18 bits per heavy atom. The molecule has 0 aliphatic heterocycles. The Morgan fingerprint density at radius 2 is 1.91 bits per heavy atom. The van der Waals surface area contributed by atoms with E-state index in [-0.39, 0.29) is 5.78 Å². The first-order valence-electron chi connectivity index (χ1n) is 7.59. The number of halogens is 1. The van der Waals surface area contributed by atoms with Crippen LogP contribution in [0, 0.1) is 0 Å². The molecular formula is C16H16ClN3OS. The van der Waals surface area contributed by atoms with Gasteiger partial charge in [0.05, 0.1) is 5.75 Å². The van der Waals surface area contributed by atoms with Crippen LogP contribution in [0.3, 0.4) is 0 Å². The number of thioether (sulfide) groups is 1. The molecule has 114 valence electrons. The van der Waals surface area contributed by atoms with Crippen LogP contribution in [-0.4, -0.2) is 26.3 Å². The van der Waals surface area contributed by atoms with Gasteiger partial charge in [-0.2, -0.15) is 0 Å². The van der Waals surface area contributed by atoms with Crippen molar-refractivity contribution in [3.8, 4) is 0 Å². The lowest BCUT2D eigenvalue weighted by molar-refractivity contribution is 0.102. The van der Waals surface area contributed by atoms with Crippen LogP contribution in [0.1, 0.15) is 53.8 Å². The molecule has 2 saturated carbocycles. The third kappa shape index (κ3) is 2.92. The molecule has 0 bridgehead atoms. The molecule has 0 radical (unpaired) electrons. The highest BCUT2D eigenvalue weighted by molar-refractivity contribution is 7.99. The molecule has 2 aliphatic carbocycles. The highest BCUT2D eigenvalue weighted by Gasteiger charge is 2.36. The van der Waals surface area contributed by atoms with Gasteiger partial charge >= 0.3 is 0 Å². The normalized spacial score (nSPS) is 17.7. The predicted molar refractivity (Wildman–Crippen MR) is 86.8 cm³/mol. The molecule has 0 saturated heterocycles. The van der Waals surface area contributed by atoms with Gasteiger partial charge in [0.1, 0.15) is 5.82 Å². The van der Waals surface area contributed by atoms with Crippen LogP contribution in [0.15, 0.2) is 29.4 Å². The molecule has 22 heavy (non-hydrogen) atoms. The van der Waals surface area contributed by atoms with E-state index >= 15 is 0 Å². The summed E-state index contributed by atoms with van der Waals surface area (Å²) >= 11 is 7.35. The number of ketones is 1. The van der Waals surface area contributed by atoms with E-state index < -0.39 is 0 Å². The second kappa shape index (κ2) is 5.70. The fourth-order valence-electron chi connectivity index (χ4n) is 2.53. The van der Waals surface area contributed by atoms with E-state index in [0.29, 0.717) is 28.3 Å². The molecule has 2 aliphatic rings. The molecular weight excluding hydrogens is 318 g/mol. The lowest BCUT2D eigenvalue weighted by Crippen LogP contribution is -2.05. The fourth-order valence-corrected chi connectivity index (χ4v) is 3.56. The molecule has 0 spiro atoms. The highest BCUT2D eigenvalue weighted by atomic mass is 35.5. The Bertz CT molecular complexity index is 705. The van der Waals surface area contributed by atoms with Crippen LogP contribution in [0.4, 0.5) is 0 Å². The first-order chi connectivity index (χ1) is 10.7. The minimum atomic E-state index is 0.0972. The largest absolute Gasteiger partial charge is 0.303 e. The molecule has 0 unspecified atom stereocenters. The van der Waals surface area contributed by atoms with Crippen LogP contribution < -0.4 is 0 Å². The number of carbonyl (C=O) groups is 1. The number of aromatic nitrogens is 3. The van der Waals surface area contributed by atoms with Crippen LogP contribution in [0.2, 0.25) is 5.02 Å². The number of carbonyl (C=O) groups excluding carboxylic acids is 1. The van der Waals surface area contributed by atoms with E-state index in [2.05, 4.69) is 14.8 Å². The van der Waals surface area contributed by atoms with E-state index in [1.807, 2.05) is 0 Å². The standard InChI is InChI=1S/C16H16ClN3OS/c17-12-5-3-10(4-6-12)14(21)9-22-16-19-18-15(11-1-2-11)20(16)13-7-8-13/h3-6,11,13H,1-2,7-9H2. The van der Waals surface area contributed by atoms with Gasteiger partial charge < -0.3 is 4.57 Å². The number of nitrogens with zero attached hydrogens (tertiary/aromatic N) is 3. The number of benzene rings is 1. The molecule has 4 rings (SSSR count). The molecule has 1 aromatic carbocycles. The molecule has 4 nitrogen and oxygen atoms in total. The second-order valence-electron chi connectivity index (χ2n) is 5.93. The molecule has 1 aromatic heterocycles. The zero-order valence-corrected chi connectivity index (χ0v) is 13.6. The number of hydrogen-bond donors (Lipinski definition) is 0. The maximum atomic E-state index is 12.3. The van der Waals surface area contributed by atoms with Gasteiger partial charge in [0.25, 0.3) is 0 Å². The maximum absolute atomic E-state index is 12.3. The lowest BCUT2D eigenvalue weighted by atomic mass is 10.1. The van der Waals surface area contributed by atoms with Crippen molar-refractivity contribution in [3.63, 3.8) is 0 Å². The number of Topliss-reactive ketones (excluding diaryl/α,β-unsaturated/α-hetero) is 1. The van der Waals surface area contributed by atoms with Crippen molar-refractivity contribution in [1.29, 1.82) is 0 Å². The zero-order chi connectivity index (χ0) is 15.1. The van der Waals surface area contributed by atoms with Gasteiger partial charge in [-0.3, -0.25) is 4.79 Å². The van der Waals surface area contributed by atoms with Gasteiger partial charge in [-0.25, -0.2) is 0 Å². The van der Waals surface area contributed by atoms with Crippen LogP contribution in [-0.2, 0) is 0 Å². The van der Waals surface area contributed by atoms with Crippen LogP contribution in [0.25, 0.3) is 0 Å². The van der Waals surface area contributed by atoms with Gasteiger partial charge in [-0.1, -0.05) is 23.4 Å². The van der Waals surface area contributed by atoms with Crippen molar-refractivity contribution in [2.75, 3.05) is 5.75 Å². The van der Waals surface area contributed by atoms with E-state index in [0.717, 1.165) is 11.0 Å². The van der Waals surface area contributed by atoms with Crippen molar-refractivity contribution in [2.24, 2.45) is 0 Å². The SMILES string of the molecule is O=C(CSc1nnc(C2CC2)n1C1CC1)c1ccc(Cl)cc1. The monoisotopic (exact) mass is 333 g/mol. The maximum Gasteiger partial charge on any atom is 0.191 e. The van der Waals surface area contributed by atoms with Crippen molar-refractivity contribution in [2.45, 2.75) is 42.8 Å². The summed E-state index contributed by atoms with van der Waals surface area (Å²) in [4.78, 5) is 12.3. The summed E-state index contributed by atoms with van der Waals surface area (Å²) in [5, 5.41) is 10.2. The van der Waals surface area contributed by atoms with E-state index in [4.69, 9.17) is 11.6 Å². The summed E-state index contributed by atoms with van der Waals surface area (Å²) < 4.78 is 2.28. The van der Waals surface area contributed by atoms with Crippen LogP contribution >= 0.6 is 23.4 Å². The van der Waals surface area contributed by atoms with E-state index in [9.17, 15) is 4.79 Å². The molecule has 0 atom stereocenters. The quantitative estimate of drug-likeness (QED) is 0.589. The molecule has 2 aromatic rings. The lowest BCUT2D eigenvalue weighted by Gasteiger charge is -2.07. The smallest absolute Gasteiger partial charge is 0.191 e. The topological polar surface area (TPSA) is 47.8 Å². The molecule has 0 amide bonds. The first kappa shape index (κ1) is 14.3. The van der Waals surface area contributed by atoms with Crippen molar-refractivity contribution in [3.05, 3.63) is 40.7 Å². The van der Waals surface area contributed by atoms with Crippen molar-refractivity contribution < 1.29 is 4.79 Å². The third-order valence-corrected chi connectivity index (χ3v) is 5.24. The average Bonchev–Trinajstić information content (AvgIpc) is 3.44. The Labute approximate surface area is 138 Å². The summed E-state index contributed by atoms with van der Waals surface area (Å²) in [6.45, 7) is 0. The highest BCUT2D eigenvalue weighted by Crippen LogP contribution is 2.46. The Kier molecular flexibility index (Phi) is 3.70. The molecule has 2 fully saturated rings. The molecule has 1 heterocycles. The summed E-state index contributed by atoms with van der Waals surface area (Å²) in [6.07, 6.45) is 4.85. The number of hydrogen-bond acceptors (Lipinski definition) is 4. The number of rotatable bonds is 6. The molecule has 6 heteroatoms.